The Morgan fingerprint density at radius 2 is 2.06 bits per heavy atom. The molecule has 0 aliphatic heterocycles. The van der Waals surface area contributed by atoms with Gasteiger partial charge in [0.25, 0.3) is 0 Å². The van der Waals surface area contributed by atoms with Crippen molar-refractivity contribution in [3.63, 3.8) is 0 Å². The fourth-order valence-electron chi connectivity index (χ4n) is 1.52. The molecule has 1 aromatic carbocycles. The number of halogens is 3. The molecule has 0 amide bonds. The zero-order valence-corrected chi connectivity index (χ0v) is 9.40. The van der Waals surface area contributed by atoms with Crippen LogP contribution in [-0.4, -0.2) is 16.9 Å². The molecule has 0 atom stereocenters. The van der Waals surface area contributed by atoms with E-state index in [9.17, 15) is 13.2 Å². The van der Waals surface area contributed by atoms with Crippen molar-refractivity contribution in [2.24, 2.45) is 0 Å². The molecule has 18 heavy (non-hydrogen) atoms. The monoisotopic (exact) mass is 257 g/mol. The molecule has 0 aliphatic carbocycles. The van der Waals surface area contributed by atoms with Gasteiger partial charge in [-0.15, -0.1) is 0 Å². The molecular formula is C11H10F3N3O. The highest BCUT2D eigenvalue weighted by molar-refractivity contribution is 5.52. The summed E-state index contributed by atoms with van der Waals surface area (Å²) in [5.74, 6) is 0.375. The van der Waals surface area contributed by atoms with Crippen molar-refractivity contribution in [2.75, 3.05) is 12.8 Å². The van der Waals surface area contributed by atoms with Crippen LogP contribution in [-0.2, 0) is 6.18 Å². The molecule has 0 fully saturated rings. The van der Waals surface area contributed by atoms with Crippen LogP contribution in [0.15, 0.2) is 30.6 Å². The summed E-state index contributed by atoms with van der Waals surface area (Å²) in [7, 11) is 1.41. The quantitative estimate of drug-likeness (QED) is 0.841. The van der Waals surface area contributed by atoms with E-state index in [0.717, 1.165) is 10.7 Å². The number of hydrogen-bond donors (Lipinski definition) is 1. The molecule has 4 nitrogen and oxygen atoms in total. The second-order valence-corrected chi connectivity index (χ2v) is 3.60. The molecular weight excluding hydrogens is 247 g/mol. The standard InChI is InChI=1S/C11H10F3N3O/c1-18-8-5-16-17(6-8)10-3-2-7(15)4-9(10)11(12,13)14/h2-6H,15H2,1H3. The minimum absolute atomic E-state index is 0.0465. The Hall–Kier alpha value is -2.18. The Kier molecular flexibility index (Phi) is 2.90. The van der Waals surface area contributed by atoms with Crippen molar-refractivity contribution in [1.82, 2.24) is 9.78 Å². The zero-order chi connectivity index (χ0) is 13.3. The van der Waals surface area contributed by atoms with Gasteiger partial charge in [-0.3, -0.25) is 0 Å². The number of ether oxygens (including phenoxy) is 1. The Labute approximate surface area is 101 Å². The minimum atomic E-state index is -4.50. The number of aromatic nitrogens is 2. The lowest BCUT2D eigenvalue weighted by atomic mass is 10.1. The average molecular weight is 257 g/mol. The number of anilines is 1. The van der Waals surface area contributed by atoms with Gasteiger partial charge >= 0.3 is 6.18 Å². The largest absolute Gasteiger partial charge is 0.493 e. The minimum Gasteiger partial charge on any atom is -0.493 e. The number of alkyl halides is 3. The number of nitrogens with two attached hydrogens (primary N) is 1. The highest BCUT2D eigenvalue weighted by Gasteiger charge is 2.34. The molecule has 0 bridgehead atoms. The normalized spacial score (nSPS) is 11.6. The van der Waals surface area contributed by atoms with Gasteiger partial charge in [0.1, 0.15) is 0 Å². The van der Waals surface area contributed by atoms with Crippen molar-refractivity contribution in [1.29, 1.82) is 0 Å². The summed E-state index contributed by atoms with van der Waals surface area (Å²) in [6.07, 6.45) is -1.80. The van der Waals surface area contributed by atoms with E-state index in [-0.39, 0.29) is 11.4 Å². The maximum absolute atomic E-state index is 12.9. The smallest absolute Gasteiger partial charge is 0.418 e. The van der Waals surface area contributed by atoms with E-state index in [1.165, 1.54) is 31.6 Å². The van der Waals surface area contributed by atoms with Crippen LogP contribution in [0.2, 0.25) is 0 Å². The summed E-state index contributed by atoms with van der Waals surface area (Å²) in [4.78, 5) is 0. The average Bonchev–Trinajstić information content (AvgIpc) is 2.76. The molecule has 0 aliphatic rings. The van der Waals surface area contributed by atoms with E-state index < -0.39 is 11.7 Å². The summed E-state index contributed by atoms with van der Waals surface area (Å²) < 4.78 is 44.6. The first-order valence-electron chi connectivity index (χ1n) is 4.97. The summed E-state index contributed by atoms with van der Waals surface area (Å²) in [6, 6.07) is 3.53. The van der Waals surface area contributed by atoms with Crippen molar-refractivity contribution in [3.05, 3.63) is 36.2 Å². The maximum Gasteiger partial charge on any atom is 0.418 e. The Morgan fingerprint density at radius 3 is 2.61 bits per heavy atom. The van der Waals surface area contributed by atoms with E-state index in [1.54, 1.807) is 0 Å². The van der Waals surface area contributed by atoms with Crippen LogP contribution in [0.25, 0.3) is 5.69 Å². The molecule has 7 heteroatoms. The van der Waals surface area contributed by atoms with Gasteiger partial charge in [0.2, 0.25) is 0 Å². The summed E-state index contributed by atoms with van der Waals surface area (Å²) in [6.45, 7) is 0. The van der Waals surface area contributed by atoms with Crippen molar-refractivity contribution >= 4 is 5.69 Å². The molecule has 2 aromatic rings. The van der Waals surface area contributed by atoms with Gasteiger partial charge < -0.3 is 10.5 Å². The molecule has 1 heterocycles. The summed E-state index contributed by atoms with van der Waals surface area (Å²) in [5, 5.41) is 3.81. The number of methoxy groups -OCH3 is 1. The Bertz CT molecular complexity index is 563. The number of benzene rings is 1. The van der Waals surface area contributed by atoms with Crippen molar-refractivity contribution in [2.45, 2.75) is 6.18 Å². The Morgan fingerprint density at radius 1 is 1.33 bits per heavy atom. The Balaban J connectivity index is 2.56. The van der Waals surface area contributed by atoms with Crippen molar-refractivity contribution in [3.8, 4) is 11.4 Å². The molecule has 1 aromatic heterocycles. The van der Waals surface area contributed by atoms with Crippen LogP contribution < -0.4 is 10.5 Å². The van der Waals surface area contributed by atoms with Gasteiger partial charge in [0.15, 0.2) is 5.75 Å². The van der Waals surface area contributed by atoms with Gasteiger partial charge in [-0.25, -0.2) is 4.68 Å². The van der Waals surface area contributed by atoms with Gasteiger partial charge in [-0.2, -0.15) is 18.3 Å². The topological polar surface area (TPSA) is 53.1 Å². The number of hydrogen-bond acceptors (Lipinski definition) is 3. The lowest BCUT2D eigenvalue weighted by Crippen LogP contribution is -2.11. The lowest BCUT2D eigenvalue weighted by Gasteiger charge is -2.13. The molecule has 0 unspecified atom stereocenters. The molecule has 2 rings (SSSR count). The van der Waals surface area contributed by atoms with Gasteiger partial charge in [0, 0.05) is 5.69 Å². The van der Waals surface area contributed by atoms with Gasteiger partial charge in [0.05, 0.1) is 30.8 Å². The molecule has 0 spiro atoms. The second kappa shape index (κ2) is 4.25. The van der Waals surface area contributed by atoms with Crippen LogP contribution in [0.5, 0.6) is 5.75 Å². The van der Waals surface area contributed by atoms with E-state index in [2.05, 4.69) is 5.10 Å². The first kappa shape index (κ1) is 12.3. The molecule has 0 saturated carbocycles. The third-order valence-electron chi connectivity index (χ3n) is 2.37. The van der Waals surface area contributed by atoms with E-state index in [0.29, 0.717) is 5.75 Å². The van der Waals surface area contributed by atoms with E-state index in [1.807, 2.05) is 0 Å². The van der Waals surface area contributed by atoms with E-state index >= 15 is 0 Å². The third kappa shape index (κ3) is 2.24. The number of nitrogen functional groups attached to an aromatic ring is 1. The second-order valence-electron chi connectivity index (χ2n) is 3.60. The maximum atomic E-state index is 12.9. The molecule has 0 radical (unpaired) electrons. The van der Waals surface area contributed by atoms with E-state index in [4.69, 9.17) is 10.5 Å². The fourth-order valence-corrected chi connectivity index (χ4v) is 1.52. The first-order valence-corrected chi connectivity index (χ1v) is 4.97. The van der Waals surface area contributed by atoms with Crippen LogP contribution in [0.1, 0.15) is 5.56 Å². The van der Waals surface area contributed by atoms with Crippen molar-refractivity contribution < 1.29 is 17.9 Å². The van der Waals surface area contributed by atoms with Gasteiger partial charge in [-0.1, -0.05) is 0 Å². The zero-order valence-electron chi connectivity index (χ0n) is 9.40. The third-order valence-corrected chi connectivity index (χ3v) is 2.37. The van der Waals surface area contributed by atoms with Crippen LogP contribution in [0, 0.1) is 0 Å². The fraction of sp³-hybridized carbons (Fsp3) is 0.182. The molecule has 0 saturated heterocycles. The number of nitrogens with zero attached hydrogens (tertiary/aromatic N) is 2. The molecule has 2 N–H and O–H groups in total. The van der Waals surface area contributed by atoms with Crippen LogP contribution >= 0.6 is 0 Å². The summed E-state index contributed by atoms with van der Waals surface area (Å²) in [5.41, 5.74) is 4.49. The molecule has 96 valence electrons. The van der Waals surface area contributed by atoms with Crippen LogP contribution in [0.3, 0.4) is 0 Å². The summed E-state index contributed by atoms with van der Waals surface area (Å²) >= 11 is 0. The first-order chi connectivity index (χ1) is 8.41. The predicted molar refractivity (Wildman–Crippen MR) is 59.5 cm³/mol. The number of rotatable bonds is 2. The highest BCUT2D eigenvalue weighted by Crippen LogP contribution is 2.35. The highest BCUT2D eigenvalue weighted by atomic mass is 19.4. The SMILES string of the molecule is COc1cnn(-c2ccc(N)cc2C(F)(F)F)c1. The van der Waals surface area contributed by atoms with Gasteiger partial charge in [-0.05, 0) is 18.2 Å². The van der Waals surface area contributed by atoms with Crippen LogP contribution in [0.4, 0.5) is 18.9 Å². The lowest BCUT2D eigenvalue weighted by molar-refractivity contribution is -0.137. The predicted octanol–water partition coefficient (Wildman–Crippen LogP) is 2.48.